The van der Waals surface area contributed by atoms with Crippen molar-refractivity contribution in [3.05, 3.63) is 15.6 Å². The van der Waals surface area contributed by atoms with Gasteiger partial charge in [-0.1, -0.05) is 13.8 Å². The molecule has 0 aliphatic carbocycles. The first-order valence-corrected chi connectivity index (χ1v) is 6.95. The van der Waals surface area contributed by atoms with E-state index in [9.17, 15) is 4.79 Å². The Morgan fingerprint density at radius 2 is 1.94 bits per heavy atom. The van der Waals surface area contributed by atoms with Gasteiger partial charge in [0, 0.05) is 13.5 Å². The molecule has 4 heteroatoms. The lowest BCUT2D eigenvalue weighted by Crippen LogP contribution is -2.28. The highest BCUT2D eigenvalue weighted by Crippen LogP contribution is 2.36. The van der Waals surface area contributed by atoms with Crippen LogP contribution in [0.25, 0.3) is 0 Å². The largest absolute Gasteiger partial charge is 0.368 e. The Morgan fingerprint density at radius 1 is 1.35 bits per heavy atom. The number of nitrogens with zero attached hydrogens (tertiary/aromatic N) is 1. The average Bonchev–Trinajstić information content (AvgIpc) is 2.69. The van der Waals surface area contributed by atoms with Crippen LogP contribution in [0.4, 0.5) is 0 Å². The predicted molar refractivity (Wildman–Crippen MR) is 70.7 cm³/mol. The van der Waals surface area contributed by atoms with E-state index in [4.69, 9.17) is 4.74 Å². The van der Waals surface area contributed by atoms with E-state index in [0.29, 0.717) is 6.61 Å². The van der Waals surface area contributed by atoms with Crippen LogP contribution in [0, 0.1) is 6.92 Å². The maximum Gasteiger partial charge on any atom is 0.171 e. The third-order valence-corrected chi connectivity index (χ3v) is 4.51. The van der Waals surface area contributed by atoms with Crippen molar-refractivity contribution in [1.82, 2.24) is 4.98 Å². The van der Waals surface area contributed by atoms with Gasteiger partial charge in [-0.05, 0) is 26.7 Å². The number of aryl methyl sites for hydroxylation is 1. The Balaban J connectivity index is 3.19. The SMILES string of the molecule is CCOC(CC)(CC)c1nc(C)c(C(C)=O)s1. The molecule has 0 aliphatic rings. The van der Waals surface area contributed by atoms with Crippen LogP contribution in [-0.2, 0) is 10.3 Å². The molecule has 0 unspecified atom stereocenters. The first kappa shape index (κ1) is 14.3. The Labute approximate surface area is 107 Å². The second kappa shape index (κ2) is 5.74. The van der Waals surface area contributed by atoms with Crippen LogP contribution in [0.1, 0.15) is 60.9 Å². The quantitative estimate of drug-likeness (QED) is 0.727. The number of rotatable bonds is 6. The van der Waals surface area contributed by atoms with Gasteiger partial charge in [0.1, 0.15) is 10.6 Å². The molecular formula is C13H21NO2S. The monoisotopic (exact) mass is 255 g/mol. The van der Waals surface area contributed by atoms with Gasteiger partial charge in [0.2, 0.25) is 0 Å². The number of carbonyl (C=O) groups excluding carboxylic acids is 1. The number of Topliss-reactive ketones (excluding diaryl/α,β-unsaturated/α-hetero) is 1. The summed E-state index contributed by atoms with van der Waals surface area (Å²) in [6, 6.07) is 0. The molecule has 0 fully saturated rings. The molecule has 96 valence electrons. The number of ether oxygens (including phenoxy) is 1. The predicted octanol–water partition coefficient (Wildman–Crippen LogP) is 3.71. The van der Waals surface area contributed by atoms with E-state index in [-0.39, 0.29) is 11.4 Å². The highest BCUT2D eigenvalue weighted by Gasteiger charge is 2.33. The zero-order valence-corrected chi connectivity index (χ0v) is 12.1. The summed E-state index contributed by atoms with van der Waals surface area (Å²) < 4.78 is 5.90. The summed E-state index contributed by atoms with van der Waals surface area (Å²) in [4.78, 5) is 16.8. The number of thiazole rings is 1. The lowest BCUT2D eigenvalue weighted by Gasteiger charge is -2.29. The summed E-state index contributed by atoms with van der Waals surface area (Å²) >= 11 is 1.48. The Hall–Kier alpha value is -0.740. The van der Waals surface area contributed by atoms with Crippen molar-refractivity contribution < 1.29 is 9.53 Å². The fourth-order valence-corrected chi connectivity index (χ4v) is 3.26. The van der Waals surface area contributed by atoms with Crippen molar-refractivity contribution >= 4 is 17.1 Å². The molecule has 0 saturated heterocycles. The topological polar surface area (TPSA) is 39.2 Å². The second-order valence-corrected chi connectivity index (χ2v) is 5.12. The zero-order valence-electron chi connectivity index (χ0n) is 11.3. The molecule has 0 aliphatic heterocycles. The van der Waals surface area contributed by atoms with Gasteiger partial charge in [-0.25, -0.2) is 4.98 Å². The highest BCUT2D eigenvalue weighted by atomic mass is 32.1. The van der Waals surface area contributed by atoms with Crippen molar-refractivity contribution in [3.63, 3.8) is 0 Å². The molecule has 0 spiro atoms. The second-order valence-electron chi connectivity index (χ2n) is 4.12. The van der Waals surface area contributed by atoms with Crippen LogP contribution in [0.2, 0.25) is 0 Å². The third kappa shape index (κ3) is 2.75. The molecule has 0 bridgehead atoms. The maximum absolute atomic E-state index is 11.5. The van der Waals surface area contributed by atoms with Crippen molar-refractivity contribution in [2.45, 2.75) is 53.1 Å². The molecule has 0 radical (unpaired) electrons. The van der Waals surface area contributed by atoms with Gasteiger partial charge in [0.15, 0.2) is 5.78 Å². The van der Waals surface area contributed by atoms with E-state index in [1.165, 1.54) is 11.3 Å². The average molecular weight is 255 g/mol. The maximum atomic E-state index is 11.5. The Kier molecular flexibility index (Phi) is 4.83. The first-order valence-electron chi connectivity index (χ1n) is 6.13. The molecule has 3 nitrogen and oxygen atoms in total. The minimum absolute atomic E-state index is 0.0869. The van der Waals surface area contributed by atoms with Crippen LogP contribution < -0.4 is 0 Å². The summed E-state index contributed by atoms with van der Waals surface area (Å²) in [7, 11) is 0. The van der Waals surface area contributed by atoms with Gasteiger partial charge in [-0.2, -0.15) is 0 Å². The molecule has 1 aromatic heterocycles. The number of carbonyl (C=O) groups is 1. The molecule has 0 saturated carbocycles. The van der Waals surface area contributed by atoms with E-state index in [1.54, 1.807) is 6.92 Å². The van der Waals surface area contributed by atoms with E-state index in [1.807, 2.05) is 13.8 Å². The third-order valence-electron chi connectivity index (χ3n) is 3.07. The lowest BCUT2D eigenvalue weighted by atomic mass is 9.98. The van der Waals surface area contributed by atoms with Gasteiger partial charge in [-0.3, -0.25) is 4.79 Å². The summed E-state index contributed by atoms with van der Waals surface area (Å²) in [6.45, 7) is 10.3. The van der Waals surface area contributed by atoms with E-state index >= 15 is 0 Å². The van der Waals surface area contributed by atoms with Crippen LogP contribution in [0.3, 0.4) is 0 Å². The molecule has 0 aromatic carbocycles. The van der Waals surface area contributed by atoms with Gasteiger partial charge in [0.05, 0.1) is 10.6 Å². The summed E-state index contributed by atoms with van der Waals surface area (Å²) in [5.74, 6) is 0.0869. The van der Waals surface area contributed by atoms with Crippen LogP contribution >= 0.6 is 11.3 Å². The number of hydrogen-bond donors (Lipinski definition) is 0. The molecule has 1 rings (SSSR count). The lowest BCUT2D eigenvalue weighted by molar-refractivity contribution is -0.0507. The van der Waals surface area contributed by atoms with E-state index in [0.717, 1.165) is 28.4 Å². The summed E-state index contributed by atoms with van der Waals surface area (Å²) in [6.07, 6.45) is 1.75. The molecule has 17 heavy (non-hydrogen) atoms. The minimum atomic E-state index is -0.322. The number of aromatic nitrogens is 1. The highest BCUT2D eigenvalue weighted by molar-refractivity contribution is 7.14. The van der Waals surface area contributed by atoms with Crippen LogP contribution in [0.15, 0.2) is 0 Å². The molecule has 0 amide bonds. The van der Waals surface area contributed by atoms with Gasteiger partial charge >= 0.3 is 0 Å². The van der Waals surface area contributed by atoms with E-state index < -0.39 is 0 Å². The fourth-order valence-electron chi connectivity index (χ4n) is 2.01. The summed E-state index contributed by atoms with van der Waals surface area (Å²) in [5.41, 5.74) is 0.501. The smallest absolute Gasteiger partial charge is 0.171 e. The molecular weight excluding hydrogens is 234 g/mol. The fraction of sp³-hybridized carbons (Fsp3) is 0.692. The minimum Gasteiger partial charge on any atom is -0.368 e. The normalized spacial score (nSPS) is 11.8. The first-order chi connectivity index (χ1) is 8.00. The molecule has 0 N–H and O–H groups in total. The molecule has 0 atom stereocenters. The van der Waals surface area contributed by atoms with Gasteiger partial charge in [0.25, 0.3) is 0 Å². The molecule has 1 heterocycles. The van der Waals surface area contributed by atoms with Gasteiger partial charge < -0.3 is 4.74 Å². The van der Waals surface area contributed by atoms with Crippen LogP contribution in [-0.4, -0.2) is 17.4 Å². The van der Waals surface area contributed by atoms with E-state index in [2.05, 4.69) is 18.8 Å². The van der Waals surface area contributed by atoms with Gasteiger partial charge in [-0.15, -0.1) is 11.3 Å². The summed E-state index contributed by atoms with van der Waals surface area (Å²) in [5, 5.41) is 0.937. The molecule has 1 aromatic rings. The van der Waals surface area contributed by atoms with Crippen molar-refractivity contribution in [3.8, 4) is 0 Å². The van der Waals surface area contributed by atoms with Crippen molar-refractivity contribution in [1.29, 1.82) is 0 Å². The van der Waals surface area contributed by atoms with Crippen molar-refractivity contribution in [2.24, 2.45) is 0 Å². The number of hydrogen-bond acceptors (Lipinski definition) is 4. The standard InChI is InChI=1S/C13H21NO2S/c1-6-13(7-2,16-8-3)12-14-9(4)11(17-12)10(5)15/h6-8H2,1-5H3. The van der Waals surface area contributed by atoms with Crippen molar-refractivity contribution in [2.75, 3.05) is 6.61 Å². The number of ketones is 1. The Bertz CT molecular complexity index is 394. The van der Waals surface area contributed by atoms with Crippen LogP contribution in [0.5, 0.6) is 0 Å². The Morgan fingerprint density at radius 3 is 2.29 bits per heavy atom. The zero-order chi connectivity index (χ0) is 13.1.